The maximum Gasteiger partial charge on any atom is 0.0773 e. The molecule has 2 N–H and O–H groups in total. The zero-order chi connectivity index (χ0) is 11.7. The Balaban J connectivity index is 3.65. The lowest BCUT2D eigenvalue weighted by atomic mass is 10.1. The molecule has 0 spiro atoms. The molecular weight excluding hydrogens is 188 g/mol. The molecule has 0 rings (SSSR count). The summed E-state index contributed by atoms with van der Waals surface area (Å²) in [7, 11) is 0. The molecule has 15 heavy (non-hydrogen) atoms. The number of allylic oxidation sites excluding steroid dienone is 4. The first-order valence-corrected chi connectivity index (χ1v) is 5.64. The lowest BCUT2D eigenvalue weighted by Crippen LogP contribution is -2.10. The van der Waals surface area contributed by atoms with Crippen LogP contribution in [0.1, 0.15) is 46.5 Å². The zero-order valence-corrected chi connectivity index (χ0v) is 10.2. The molecule has 0 aromatic carbocycles. The molecule has 2 heteroatoms. The van der Waals surface area contributed by atoms with Crippen molar-refractivity contribution in [2.45, 2.75) is 52.6 Å². The average molecular weight is 212 g/mol. The van der Waals surface area contributed by atoms with E-state index in [0.29, 0.717) is 6.42 Å². The van der Waals surface area contributed by atoms with E-state index in [2.05, 4.69) is 32.9 Å². The summed E-state index contributed by atoms with van der Waals surface area (Å²) in [5.41, 5.74) is 2.72. The molecule has 2 nitrogen and oxygen atoms in total. The molecule has 0 amide bonds. The van der Waals surface area contributed by atoms with Crippen molar-refractivity contribution in [3.63, 3.8) is 0 Å². The molecular formula is C13H24O2. The lowest BCUT2D eigenvalue weighted by Gasteiger charge is -2.04. The largest absolute Gasteiger partial charge is 0.394 e. The van der Waals surface area contributed by atoms with E-state index in [1.165, 1.54) is 11.1 Å². The first-order valence-electron chi connectivity index (χ1n) is 5.64. The fourth-order valence-electron chi connectivity index (χ4n) is 1.30. The first-order chi connectivity index (χ1) is 7.06. The lowest BCUT2D eigenvalue weighted by molar-refractivity contribution is 0.0891. The standard InChI is InChI=1S/C13H24O2/c1-11(2)6-4-7-12(3)8-5-9-13(15)10-14/h6,8,13-15H,4-5,7,9-10H2,1-3H3. The van der Waals surface area contributed by atoms with E-state index in [1.807, 2.05) is 0 Å². The number of rotatable bonds is 7. The molecule has 88 valence electrons. The van der Waals surface area contributed by atoms with Gasteiger partial charge in [-0.3, -0.25) is 0 Å². The highest BCUT2D eigenvalue weighted by Crippen LogP contribution is 2.09. The third-order valence-electron chi connectivity index (χ3n) is 2.29. The van der Waals surface area contributed by atoms with Crippen LogP contribution < -0.4 is 0 Å². The monoisotopic (exact) mass is 212 g/mol. The van der Waals surface area contributed by atoms with Crippen LogP contribution in [0.4, 0.5) is 0 Å². The van der Waals surface area contributed by atoms with E-state index >= 15 is 0 Å². The van der Waals surface area contributed by atoms with Crippen LogP contribution in [-0.4, -0.2) is 22.9 Å². The summed E-state index contributed by atoms with van der Waals surface area (Å²) >= 11 is 0. The molecule has 0 aliphatic heterocycles. The average Bonchev–Trinajstić information content (AvgIpc) is 2.17. The second-order valence-electron chi connectivity index (χ2n) is 4.28. The minimum absolute atomic E-state index is 0.134. The van der Waals surface area contributed by atoms with Crippen molar-refractivity contribution < 1.29 is 10.2 Å². The Kier molecular flexibility index (Phi) is 8.34. The molecule has 0 aromatic heterocycles. The molecule has 1 atom stereocenters. The number of aliphatic hydroxyl groups is 2. The van der Waals surface area contributed by atoms with Gasteiger partial charge < -0.3 is 10.2 Å². The predicted octanol–water partition coefficient (Wildman–Crippen LogP) is 2.81. The van der Waals surface area contributed by atoms with Gasteiger partial charge >= 0.3 is 0 Å². The van der Waals surface area contributed by atoms with Gasteiger partial charge in [-0.15, -0.1) is 0 Å². The van der Waals surface area contributed by atoms with Crippen LogP contribution in [0.5, 0.6) is 0 Å². The Morgan fingerprint density at radius 3 is 2.33 bits per heavy atom. The fraction of sp³-hybridized carbons (Fsp3) is 0.692. The van der Waals surface area contributed by atoms with Gasteiger partial charge in [0.15, 0.2) is 0 Å². The fourth-order valence-corrected chi connectivity index (χ4v) is 1.30. The minimum atomic E-state index is -0.563. The third-order valence-corrected chi connectivity index (χ3v) is 2.29. The summed E-state index contributed by atoms with van der Waals surface area (Å²) in [4.78, 5) is 0. The highest BCUT2D eigenvalue weighted by atomic mass is 16.3. The summed E-state index contributed by atoms with van der Waals surface area (Å²) < 4.78 is 0. The Labute approximate surface area is 93.3 Å². The van der Waals surface area contributed by atoms with Crippen LogP contribution in [-0.2, 0) is 0 Å². The van der Waals surface area contributed by atoms with Gasteiger partial charge in [0.2, 0.25) is 0 Å². The van der Waals surface area contributed by atoms with Crippen LogP contribution in [0.25, 0.3) is 0 Å². The first kappa shape index (κ1) is 14.4. The highest BCUT2D eigenvalue weighted by molar-refractivity contribution is 5.02. The predicted molar refractivity (Wildman–Crippen MR) is 64.7 cm³/mol. The van der Waals surface area contributed by atoms with Crippen molar-refractivity contribution in [2.24, 2.45) is 0 Å². The van der Waals surface area contributed by atoms with E-state index in [1.54, 1.807) is 0 Å². The SMILES string of the molecule is CC(C)=CCCC(C)=CCCC(O)CO. The maximum absolute atomic E-state index is 9.13. The quantitative estimate of drug-likeness (QED) is 0.637. The normalized spacial score (nSPS) is 13.8. The van der Waals surface area contributed by atoms with Crippen molar-refractivity contribution >= 4 is 0 Å². The molecule has 0 aliphatic carbocycles. The molecule has 0 aliphatic rings. The molecule has 0 aromatic rings. The van der Waals surface area contributed by atoms with Crippen LogP contribution in [0, 0.1) is 0 Å². The Bertz CT molecular complexity index is 213. The van der Waals surface area contributed by atoms with E-state index in [9.17, 15) is 0 Å². The summed E-state index contributed by atoms with van der Waals surface area (Å²) in [6, 6.07) is 0. The summed E-state index contributed by atoms with van der Waals surface area (Å²) in [6.07, 6.45) is 7.50. The van der Waals surface area contributed by atoms with E-state index < -0.39 is 6.10 Å². The van der Waals surface area contributed by atoms with Gasteiger partial charge in [0.25, 0.3) is 0 Å². The Morgan fingerprint density at radius 2 is 1.80 bits per heavy atom. The second kappa shape index (κ2) is 8.69. The number of aliphatic hydroxyl groups excluding tert-OH is 2. The van der Waals surface area contributed by atoms with Crippen molar-refractivity contribution in [3.05, 3.63) is 23.3 Å². The third kappa shape index (κ3) is 9.70. The minimum Gasteiger partial charge on any atom is -0.394 e. The van der Waals surface area contributed by atoms with Gasteiger partial charge in [0, 0.05) is 0 Å². The van der Waals surface area contributed by atoms with E-state index in [0.717, 1.165) is 19.3 Å². The van der Waals surface area contributed by atoms with Crippen molar-refractivity contribution in [2.75, 3.05) is 6.61 Å². The molecule has 1 unspecified atom stereocenters. The summed E-state index contributed by atoms with van der Waals surface area (Å²) in [6.45, 7) is 6.20. The van der Waals surface area contributed by atoms with Gasteiger partial charge in [-0.1, -0.05) is 23.3 Å². The molecule has 0 saturated heterocycles. The topological polar surface area (TPSA) is 40.5 Å². The van der Waals surface area contributed by atoms with E-state index in [-0.39, 0.29) is 6.61 Å². The molecule has 0 saturated carbocycles. The molecule has 0 heterocycles. The van der Waals surface area contributed by atoms with E-state index in [4.69, 9.17) is 10.2 Å². The second-order valence-corrected chi connectivity index (χ2v) is 4.28. The van der Waals surface area contributed by atoms with Gasteiger partial charge in [-0.05, 0) is 46.5 Å². The van der Waals surface area contributed by atoms with Crippen LogP contribution in [0.3, 0.4) is 0 Å². The number of hydrogen-bond acceptors (Lipinski definition) is 2. The Morgan fingerprint density at radius 1 is 1.13 bits per heavy atom. The molecule has 0 bridgehead atoms. The van der Waals surface area contributed by atoms with Gasteiger partial charge in [-0.25, -0.2) is 0 Å². The summed E-state index contributed by atoms with van der Waals surface area (Å²) in [5, 5.41) is 17.8. The van der Waals surface area contributed by atoms with Crippen LogP contribution >= 0.6 is 0 Å². The number of hydrogen-bond donors (Lipinski definition) is 2. The van der Waals surface area contributed by atoms with Crippen LogP contribution in [0.2, 0.25) is 0 Å². The van der Waals surface area contributed by atoms with Crippen molar-refractivity contribution in [1.29, 1.82) is 0 Å². The van der Waals surface area contributed by atoms with Gasteiger partial charge in [0.05, 0.1) is 12.7 Å². The zero-order valence-electron chi connectivity index (χ0n) is 10.2. The van der Waals surface area contributed by atoms with Crippen LogP contribution in [0.15, 0.2) is 23.3 Å². The van der Waals surface area contributed by atoms with Gasteiger partial charge in [0.1, 0.15) is 0 Å². The molecule has 0 radical (unpaired) electrons. The molecule has 0 fully saturated rings. The van der Waals surface area contributed by atoms with Crippen molar-refractivity contribution in [3.8, 4) is 0 Å². The Hall–Kier alpha value is -0.600. The maximum atomic E-state index is 9.13. The highest BCUT2D eigenvalue weighted by Gasteiger charge is 1.99. The van der Waals surface area contributed by atoms with Crippen molar-refractivity contribution in [1.82, 2.24) is 0 Å². The summed E-state index contributed by atoms with van der Waals surface area (Å²) in [5.74, 6) is 0. The van der Waals surface area contributed by atoms with Gasteiger partial charge in [-0.2, -0.15) is 0 Å². The smallest absolute Gasteiger partial charge is 0.0773 e.